The third kappa shape index (κ3) is 2.55. The Morgan fingerprint density at radius 1 is 1.27 bits per heavy atom. The second kappa shape index (κ2) is 4.73. The zero-order chi connectivity index (χ0) is 10.7. The predicted molar refractivity (Wildman–Crippen MR) is 56.9 cm³/mol. The molecule has 1 heterocycles. The molecule has 3 heteroatoms. The number of ether oxygens (including phenoxy) is 1. The first kappa shape index (κ1) is 10.6. The van der Waals surface area contributed by atoms with Gasteiger partial charge < -0.3 is 10.5 Å². The average Bonchev–Trinajstić information content (AvgIpc) is 2.30. The summed E-state index contributed by atoms with van der Waals surface area (Å²) in [6.45, 7) is 0.791. The number of rotatable bonds is 2. The quantitative estimate of drug-likeness (QED) is 0.811. The van der Waals surface area contributed by atoms with Gasteiger partial charge in [-0.2, -0.15) is 0 Å². The van der Waals surface area contributed by atoms with E-state index in [0.29, 0.717) is 0 Å². The zero-order valence-electron chi connectivity index (χ0n) is 8.66. The molecule has 1 aliphatic rings. The molecule has 0 amide bonds. The summed E-state index contributed by atoms with van der Waals surface area (Å²) >= 11 is 0. The van der Waals surface area contributed by atoms with Crippen molar-refractivity contribution in [1.29, 1.82) is 0 Å². The van der Waals surface area contributed by atoms with Crippen LogP contribution in [0.1, 0.15) is 30.9 Å². The van der Waals surface area contributed by atoms with Crippen LogP contribution < -0.4 is 5.73 Å². The molecule has 15 heavy (non-hydrogen) atoms. The molecular formula is C12H16FNO. The van der Waals surface area contributed by atoms with Crippen LogP contribution in [0.5, 0.6) is 0 Å². The Morgan fingerprint density at radius 2 is 2.00 bits per heavy atom. The van der Waals surface area contributed by atoms with Gasteiger partial charge in [0, 0.05) is 6.61 Å². The van der Waals surface area contributed by atoms with E-state index in [1.54, 1.807) is 12.1 Å². The van der Waals surface area contributed by atoms with Crippen molar-refractivity contribution in [3.63, 3.8) is 0 Å². The fraction of sp³-hybridized carbons (Fsp3) is 0.500. The van der Waals surface area contributed by atoms with Crippen LogP contribution in [-0.2, 0) is 4.74 Å². The normalized spacial score (nSPS) is 23.7. The van der Waals surface area contributed by atoms with Crippen LogP contribution in [0.4, 0.5) is 4.39 Å². The lowest BCUT2D eigenvalue weighted by Gasteiger charge is -2.28. The minimum absolute atomic E-state index is 0.0872. The molecular weight excluding hydrogens is 193 g/mol. The van der Waals surface area contributed by atoms with E-state index < -0.39 is 0 Å². The first-order valence-corrected chi connectivity index (χ1v) is 5.40. The highest BCUT2D eigenvalue weighted by Crippen LogP contribution is 2.24. The van der Waals surface area contributed by atoms with Gasteiger partial charge in [-0.25, -0.2) is 4.39 Å². The van der Waals surface area contributed by atoms with Crippen molar-refractivity contribution in [2.45, 2.75) is 31.4 Å². The van der Waals surface area contributed by atoms with Gasteiger partial charge in [0.1, 0.15) is 5.82 Å². The summed E-state index contributed by atoms with van der Waals surface area (Å²) in [6.07, 6.45) is 3.37. The van der Waals surface area contributed by atoms with Crippen molar-refractivity contribution in [3.05, 3.63) is 35.6 Å². The molecule has 2 N–H and O–H groups in total. The van der Waals surface area contributed by atoms with Crippen LogP contribution >= 0.6 is 0 Å². The van der Waals surface area contributed by atoms with Crippen LogP contribution in [0.2, 0.25) is 0 Å². The Bertz CT molecular complexity index is 306. The Hall–Kier alpha value is -0.930. The van der Waals surface area contributed by atoms with Crippen molar-refractivity contribution < 1.29 is 9.13 Å². The Morgan fingerprint density at radius 3 is 2.60 bits per heavy atom. The molecule has 1 saturated heterocycles. The molecule has 0 radical (unpaired) electrons. The van der Waals surface area contributed by atoms with Crippen molar-refractivity contribution >= 4 is 0 Å². The maximum absolute atomic E-state index is 12.7. The fourth-order valence-corrected chi connectivity index (χ4v) is 1.95. The van der Waals surface area contributed by atoms with Gasteiger partial charge in [0.25, 0.3) is 0 Å². The SMILES string of the molecule is NC(c1ccc(F)cc1)C1CCCCO1. The van der Waals surface area contributed by atoms with Gasteiger partial charge >= 0.3 is 0 Å². The summed E-state index contributed by atoms with van der Waals surface area (Å²) in [5.74, 6) is -0.226. The molecule has 82 valence electrons. The molecule has 0 saturated carbocycles. The van der Waals surface area contributed by atoms with E-state index >= 15 is 0 Å². The molecule has 2 atom stereocenters. The number of benzene rings is 1. The molecule has 1 aromatic carbocycles. The predicted octanol–water partition coefficient (Wildman–Crippen LogP) is 2.39. The number of halogens is 1. The highest BCUT2D eigenvalue weighted by atomic mass is 19.1. The number of hydrogen-bond donors (Lipinski definition) is 1. The minimum Gasteiger partial charge on any atom is -0.376 e. The van der Waals surface area contributed by atoms with E-state index in [-0.39, 0.29) is 18.0 Å². The molecule has 0 spiro atoms. The lowest BCUT2D eigenvalue weighted by molar-refractivity contribution is 0.00000123. The van der Waals surface area contributed by atoms with Crippen LogP contribution in [0.3, 0.4) is 0 Å². The van der Waals surface area contributed by atoms with Crippen molar-refractivity contribution in [2.24, 2.45) is 5.73 Å². The maximum Gasteiger partial charge on any atom is 0.123 e. The standard InChI is InChI=1S/C12H16FNO/c13-10-6-4-9(5-7-10)12(14)11-3-1-2-8-15-11/h4-7,11-12H,1-3,8,14H2. The minimum atomic E-state index is -0.226. The van der Waals surface area contributed by atoms with Crippen LogP contribution in [0, 0.1) is 5.82 Å². The molecule has 0 aromatic heterocycles. The first-order chi connectivity index (χ1) is 7.27. The summed E-state index contributed by atoms with van der Waals surface area (Å²) in [4.78, 5) is 0. The smallest absolute Gasteiger partial charge is 0.123 e. The molecule has 1 aliphatic heterocycles. The van der Waals surface area contributed by atoms with E-state index in [0.717, 1.165) is 25.0 Å². The van der Waals surface area contributed by atoms with Gasteiger partial charge in [0.15, 0.2) is 0 Å². The fourth-order valence-electron chi connectivity index (χ4n) is 1.95. The van der Waals surface area contributed by atoms with Crippen LogP contribution in [0.15, 0.2) is 24.3 Å². The van der Waals surface area contributed by atoms with E-state index in [4.69, 9.17) is 10.5 Å². The van der Waals surface area contributed by atoms with Gasteiger partial charge in [0.2, 0.25) is 0 Å². The highest BCUT2D eigenvalue weighted by molar-refractivity contribution is 5.20. The van der Waals surface area contributed by atoms with Gasteiger partial charge in [-0.15, -0.1) is 0 Å². The molecule has 1 aromatic rings. The van der Waals surface area contributed by atoms with Gasteiger partial charge in [0.05, 0.1) is 12.1 Å². The molecule has 1 fully saturated rings. The zero-order valence-corrected chi connectivity index (χ0v) is 8.66. The third-order valence-corrected chi connectivity index (χ3v) is 2.87. The lowest BCUT2D eigenvalue weighted by atomic mass is 9.96. The van der Waals surface area contributed by atoms with Gasteiger partial charge in [-0.1, -0.05) is 12.1 Å². The van der Waals surface area contributed by atoms with E-state index in [9.17, 15) is 4.39 Å². The van der Waals surface area contributed by atoms with Crippen molar-refractivity contribution in [2.75, 3.05) is 6.61 Å². The van der Waals surface area contributed by atoms with Crippen molar-refractivity contribution in [1.82, 2.24) is 0 Å². The summed E-state index contributed by atoms with van der Waals surface area (Å²) in [7, 11) is 0. The monoisotopic (exact) mass is 209 g/mol. The molecule has 2 unspecified atom stereocenters. The summed E-state index contributed by atoms with van der Waals surface area (Å²) in [6, 6.07) is 6.22. The molecule has 2 rings (SSSR count). The number of hydrogen-bond acceptors (Lipinski definition) is 2. The van der Waals surface area contributed by atoms with Crippen LogP contribution in [0.25, 0.3) is 0 Å². The van der Waals surface area contributed by atoms with Gasteiger partial charge in [-0.05, 0) is 37.0 Å². The first-order valence-electron chi connectivity index (χ1n) is 5.40. The lowest BCUT2D eigenvalue weighted by Crippen LogP contribution is -2.31. The molecule has 0 aliphatic carbocycles. The second-order valence-corrected chi connectivity index (χ2v) is 3.98. The van der Waals surface area contributed by atoms with Gasteiger partial charge in [-0.3, -0.25) is 0 Å². The van der Waals surface area contributed by atoms with E-state index in [1.807, 2.05) is 0 Å². The number of nitrogens with two attached hydrogens (primary N) is 1. The average molecular weight is 209 g/mol. The van der Waals surface area contributed by atoms with E-state index in [2.05, 4.69) is 0 Å². The van der Waals surface area contributed by atoms with Crippen LogP contribution in [-0.4, -0.2) is 12.7 Å². The summed E-state index contributed by atoms with van der Waals surface area (Å²) < 4.78 is 18.3. The second-order valence-electron chi connectivity index (χ2n) is 3.98. The Balaban J connectivity index is 2.05. The maximum atomic E-state index is 12.7. The third-order valence-electron chi connectivity index (χ3n) is 2.87. The summed E-state index contributed by atoms with van der Waals surface area (Å²) in [5.41, 5.74) is 7.02. The molecule has 0 bridgehead atoms. The Kier molecular flexibility index (Phi) is 3.34. The molecule has 2 nitrogen and oxygen atoms in total. The van der Waals surface area contributed by atoms with E-state index in [1.165, 1.54) is 18.6 Å². The van der Waals surface area contributed by atoms with Crippen molar-refractivity contribution in [3.8, 4) is 0 Å². The topological polar surface area (TPSA) is 35.2 Å². The Labute approximate surface area is 89.2 Å². The summed E-state index contributed by atoms with van der Waals surface area (Å²) in [5, 5.41) is 0. The highest BCUT2D eigenvalue weighted by Gasteiger charge is 2.22. The largest absolute Gasteiger partial charge is 0.376 e.